The number of rotatable bonds is 4. The fourth-order valence-electron chi connectivity index (χ4n) is 1.98. The first kappa shape index (κ1) is 13.7. The highest BCUT2D eigenvalue weighted by atomic mass is 16.6. The van der Waals surface area contributed by atoms with Gasteiger partial charge >= 0.3 is 0 Å². The van der Waals surface area contributed by atoms with Gasteiger partial charge in [-0.25, -0.2) is 0 Å². The van der Waals surface area contributed by atoms with Gasteiger partial charge in [-0.3, -0.25) is 20.0 Å². The van der Waals surface area contributed by atoms with E-state index in [2.05, 4.69) is 10.2 Å². The van der Waals surface area contributed by atoms with Crippen molar-refractivity contribution in [2.75, 3.05) is 7.05 Å². The van der Waals surface area contributed by atoms with Crippen molar-refractivity contribution in [3.63, 3.8) is 0 Å². The number of nitro benzene ring substituents is 1. The predicted molar refractivity (Wildman–Crippen MR) is 72.2 cm³/mol. The first-order valence-electron chi connectivity index (χ1n) is 5.98. The molecule has 0 radical (unpaired) electrons. The van der Waals surface area contributed by atoms with E-state index in [0.29, 0.717) is 12.1 Å². The molecule has 0 saturated heterocycles. The topological polar surface area (TPSA) is 92.1 Å². The van der Waals surface area contributed by atoms with Crippen LogP contribution in [0.25, 0.3) is 0 Å². The Kier molecular flexibility index (Phi) is 3.79. The zero-order chi connectivity index (χ0) is 14.7. The third-order valence-corrected chi connectivity index (χ3v) is 2.98. The van der Waals surface area contributed by atoms with Crippen molar-refractivity contribution in [3.05, 3.63) is 57.4 Å². The van der Waals surface area contributed by atoms with E-state index in [1.165, 1.54) is 11.0 Å². The Morgan fingerprint density at radius 3 is 2.85 bits per heavy atom. The summed E-state index contributed by atoms with van der Waals surface area (Å²) in [5.41, 5.74) is 1.37. The van der Waals surface area contributed by atoms with Gasteiger partial charge < -0.3 is 4.90 Å². The van der Waals surface area contributed by atoms with Crippen LogP contribution in [0.3, 0.4) is 0 Å². The van der Waals surface area contributed by atoms with Gasteiger partial charge in [0.1, 0.15) is 5.56 Å². The van der Waals surface area contributed by atoms with Gasteiger partial charge in [-0.15, -0.1) is 0 Å². The number of carbonyl (C=O) groups is 1. The average Bonchev–Trinajstić information content (AvgIpc) is 2.90. The van der Waals surface area contributed by atoms with E-state index in [-0.39, 0.29) is 17.2 Å². The SMILES string of the molecule is Cc1cccc([N+](=O)[O-])c1C(=O)N(C)Cc1cn[nH]c1. The molecule has 0 aliphatic rings. The molecule has 0 aliphatic carbocycles. The van der Waals surface area contributed by atoms with E-state index in [0.717, 1.165) is 5.56 Å². The molecule has 0 bridgehead atoms. The number of aromatic nitrogens is 2. The molecule has 7 nitrogen and oxygen atoms in total. The van der Waals surface area contributed by atoms with Crippen LogP contribution in [0, 0.1) is 17.0 Å². The van der Waals surface area contributed by atoms with Crippen molar-refractivity contribution < 1.29 is 9.72 Å². The molecule has 7 heteroatoms. The van der Waals surface area contributed by atoms with Crippen LogP contribution in [-0.2, 0) is 6.54 Å². The number of hydrogen-bond donors (Lipinski definition) is 1. The maximum absolute atomic E-state index is 12.4. The van der Waals surface area contributed by atoms with Crippen molar-refractivity contribution in [2.24, 2.45) is 0 Å². The van der Waals surface area contributed by atoms with Gasteiger partial charge in [0.25, 0.3) is 11.6 Å². The fourth-order valence-corrected chi connectivity index (χ4v) is 1.98. The lowest BCUT2D eigenvalue weighted by molar-refractivity contribution is -0.385. The molecule has 20 heavy (non-hydrogen) atoms. The Bertz CT molecular complexity index is 637. The number of amides is 1. The molecule has 1 N–H and O–H groups in total. The zero-order valence-corrected chi connectivity index (χ0v) is 11.2. The molecular weight excluding hydrogens is 260 g/mol. The number of aryl methyl sites for hydroxylation is 1. The van der Waals surface area contributed by atoms with Gasteiger partial charge in [-0.1, -0.05) is 12.1 Å². The minimum atomic E-state index is -0.536. The summed E-state index contributed by atoms with van der Waals surface area (Å²) in [6.07, 6.45) is 3.28. The van der Waals surface area contributed by atoms with Gasteiger partial charge in [0.15, 0.2) is 0 Å². The van der Waals surface area contributed by atoms with Gasteiger partial charge in [0.2, 0.25) is 0 Å². The molecule has 0 aliphatic heterocycles. The number of H-pyrrole nitrogens is 1. The molecule has 1 aromatic carbocycles. The Labute approximate surface area is 115 Å². The molecule has 0 unspecified atom stereocenters. The highest BCUT2D eigenvalue weighted by Crippen LogP contribution is 2.23. The number of hydrogen-bond acceptors (Lipinski definition) is 4. The monoisotopic (exact) mass is 274 g/mol. The summed E-state index contributed by atoms with van der Waals surface area (Å²) < 4.78 is 0. The molecule has 104 valence electrons. The summed E-state index contributed by atoms with van der Waals surface area (Å²) in [4.78, 5) is 24.3. The van der Waals surface area contributed by atoms with Gasteiger partial charge in [-0.2, -0.15) is 5.10 Å². The summed E-state index contributed by atoms with van der Waals surface area (Å²) in [5.74, 6) is -0.379. The maximum atomic E-state index is 12.4. The second-order valence-corrected chi connectivity index (χ2v) is 4.49. The number of nitrogens with one attached hydrogen (secondary N) is 1. The highest BCUT2D eigenvalue weighted by molar-refractivity contribution is 5.99. The van der Waals surface area contributed by atoms with Gasteiger partial charge in [0, 0.05) is 31.4 Å². The van der Waals surface area contributed by atoms with Crippen molar-refractivity contribution in [3.8, 4) is 0 Å². The molecule has 0 spiro atoms. The minimum absolute atomic E-state index is 0.128. The van der Waals surface area contributed by atoms with Gasteiger partial charge in [0.05, 0.1) is 11.1 Å². The highest BCUT2D eigenvalue weighted by Gasteiger charge is 2.24. The lowest BCUT2D eigenvalue weighted by atomic mass is 10.1. The van der Waals surface area contributed by atoms with Crippen LogP contribution in [0.15, 0.2) is 30.6 Å². The standard InChI is InChI=1S/C13H14N4O3/c1-9-4-3-5-11(17(19)20)12(9)13(18)16(2)8-10-6-14-15-7-10/h3-7H,8H2,1-2H3,(H,14,15). The summed E-state index contributed by atoms with van der Waals surface area (Å²) in [6.45, 7) is 2.02. The number of aromatic amines is 1. The van der Waals surface area contributed by atoms with Crippen LogP contribution in [0.2, 0.25) is 0 Å². The second kappa shape index (κ2) is 5.52. The summed E-state index contributed by atoms with van der Waals surface area (Å²) >= 11 is 0. The Hall–Kier alpha value is -2.70. The molecule has 0 saturated carbocycles. The van der Waals surface area contributed by atoms with E-state index in [1.54, 1.807) is 38.5 Å². The number of nitro groups is 1. The molecule has 1 heterocycles. The van der Waals surface area contributed by atoms with E-state index in [9.17, 15) is 14.9 Å². The van der Waals surface area contributed by atoms with Crippen molar-refractivity contribution in [1.29, 1.82) is 0 Å². The van der Waals surface area contributed by atoms with Crippen LogP contribution < -0.4 is 0 Å². The van der Waals surface area contributed by atoms with E-state index in [1.807, 2.05) is 0 Å². The van der Waals surface area contributed by atoms with Crippen LogP contribution in [0.1, 0.15) is 21.5 Å². The molecule has 2 rings (SSSR count). The summed E-state index contributed by atoms with van der Waals surface area (Å²) in [5, 5.41) is 17.5. The van der Waals surface area contributed by atoms with Crippen LogP contribution in [0.5, 0.6) is 0 Å². The lowest BCUT2D eigenvalue weighted by Crippen LogP contribution is -2.27. The van der Waals surface area contributed by atoms with E-state index >= 15 is 0 Å². The van der Waals surface area contributed by atoms with Crippen LogP contribution >= 0.6 is 0 Å². The van der Waals surface area contributed by atoms with Crippen molar-refractivity contribution in [1.82, 2.24) is 15.1 Å². The minimum Gasteiger partial charge on any atom is -0.337 e. The molecule has 1 aromatic heterocycles. The molecule has 0 fully saturated rings. The Morgan fingerprint density at radius 1 is 1.50 bits per heavy atom. The maximum Gasteiger partial charge on any atom is 0.282 e. The van der Waals surface area contributed by atoms with E-state index < -0.39 is 4.92 Å². The molecular formula is C13H14N4O3. The van der Waals surface area contributed by atoms with Crippen LogP contribution in [0.4, 0.5) is 5.69 Å². The third kappa shape index (κ3) is 2.66. The second-order valence-electron chi connectivity index (χ2n) is 4.49. The van der Waals surface area contributed by atoms with Crippen molar-refractivity contribution in [2.45, 2.75) is 13.5 Å². The van der Waals surface area contributed by atoms with Crippen molar-refractivity contribution >= 4 is 11.6 Å². The summed E-state index contributed by atoms with van der Waals surface area (Å²) in [7, 11) is 1.60. The Morgan fingerprint density at radius 2 is 2.25 bits per heavy atom. The van der Waals surface area contributed by atoms with E-state index in [4.69, 9.17) is 0 Å². The quantitative estimate of drug-likeness (QED) is 0.680. The fraction of sp³-hybridized carbons (Fsp3) is 0.231. The smallest absolute Gasteiger partial charge is 0.282 e. The number of nitrogens with zero attached hydrogens (tertiary/aromatic N) is 3. The van der Waals surface area contributed by atoms with Crippen LogP contribution in [-0.4, -0.2) is 33.0 Å². The summed E-state index contributed by atoms with van der Waals surface area (Å²) in [6, 6.07) is 4.60. The third-order valence-electron chi connectivity index (χ3n) is 2.98. The first-order valence-corrected chi connectivity index (χ1v) is 5.98. The Balaban J connectivity index is 2.31. The largest absolute Gasteiger partial charge is 0.337 e. The number of benzene rings is 1. The average molecular weight is 274 g/mol. The lowest BCUT2D eigenvalue weighted by Gasteiger charge is -2.17. The zero-order valence-electron chi connectivity index (χ0n) is 11.2. The number of carbonyl (C=O) groups excluding carboxylic acids is 1. The molecule has 2 aromatic rings. The normalized spacial score (nSPS) is 10.3. The molecule has 0 atom stereocenters. The first-order chi connectivity index (χ1) is 9.50. The predicted octanol–water partition coefficient (Wildman–Crippen LogP) is 1.90. The van der Waals surface area contributed by atoms with Gasteiger partial charge in [-0.05, 0) is 12.5 Å². The molecule has 1 amide bonds.